The predicted molar refractivity (Wildman–Crippen MR) is 271 cm³/mol. The van der Waals surface area contributed by atoms with Crippen molar-refractivity contribution >= 4 is 66.7 Å². The summed E-state index contributed by atoms with van der Waals surface area (Å²) in [6.07, 6.45) is 0. The van der Waals surface area contributed by atoms with Crippen LogP contribution in [0.3, 0.4) is 0 Å². The summed E-state index contributed by atoms with van der Waals surface area (Å²) < 4.78 is 2.47. The molecule has 304 valence electrons. The summed E-state index contributed by atoms with van der Waals surface area (Å²) in [5.41, 5.74) is 17.5. The number of anilines is 6. The van der Waals surface area contributed by atoms with Crippen molar-refractivity contribution in [3.8, 4) is 27.9 Å². The van der Waals surface area contributed by atoms with Crippen LogP contribution >= 0.6 is 0 Å². The molecule has 0 atom stereocenters. The van der Waals surface area contributed by atoms with Crippen molar-refractivity contribution in [2.45, 2.75) is 19.3 Å². The molecule has 0 saturated heterocycles. The minimum atomic E-state index is -0.153. The van der Waals surface area contributed by atoms with E-state index in [0.29, 0.717) is 0 Å². The quantitative estimate of drug-likeness (QED) is 0.151. The molecule has 0 spiro atoms. The van der Waals surface area contributed by atoms with Gasteiger partial charge in [-0.1, -0.05) is 166 Å². The molecule has 0 unspecified atom stereocenters. The van der Waals surface area contributed by atoms with E-state index < -0.39 is 0 Å². The van der Waals surface area contributed by atoms with Crippen LogP contribution in [0.25, 0.3) is 60.5 Å². The van der Waals surface area contributed by atoms with Gasteiger partial charge in [0.25, 0.3) is 0 Å². The number of hydrogen-bond donors (Lipinski definition) is 0. The smallest absolute Gasteiger partial charge is 0.0583 e. The zero-order valence-corrected chi connectivity index (χ0v) is 35.9. The minimum absolute atomic E-state index is 0.153. The summed E-state index contributed by atoms with van der Waals surface area (Å²) in [5.74, 6) is 0. The molecule has 64 heavy (non-hydrogen) atoms. The second kappa shape index (κ2) is 15.0. The molecule has 0 fully saturated rings. The second-order valence-electron chi connectivity index (χ2n) is 17.4. The molecule has 0 N–H and O–H groups in total. The van der Waals surface area contributed by atoms with E-state index in [2.05, 4.69) is 265 Å². The first-order chi connectivity index (χ1) is 31.5. The van der Waals surface area contributed by atoms with Gasteiger partial charge in [0.05, 0.1) is 22.4 Å². The fourth-order valence-corrected chi connectivity index (χ4v) is 10.3. The molecule has 12 rings (SSSR count). The number of fused-ring (bicyclic) bond motifs is 7. The Kier molecular flexibility index (Phi) is 8.84. The largest absolute Gasteiger partial charge is 0.310 e. The van der Waals surface area contributed by atoms with E-state index in [-0.39, 0.29) is 5.41 Å². The van der Waals surface area contributed by atoms with Gasteiger partial charge < -0.3 is 14.4 Å². The zero-order valence-electron chi connectivity index (χ0n) is 35.9. The van der Waals surface area contributed by atoms with Gasteiger partial charge in [0, 0.05) is 44.6 Å². The van der Waals surface area contributed by atoms with E-state index in [0.717, 1.165) is 50.8 Å². The lowest BCUT2D eigenvalue weighted by Crippen LogP contribution is -2.17. The van der Waals surface area contributed by atoms with Crippen LogP contribution in [0.1, 0.15) is 25.0 Å². The maximum absolute atomic E-state index is 2.47. The van der Waals surface area contributed by atoms with Crippen molar-refractivity contribution in [2.75, 3.05) is 9.80 Å². The number of nitrogens with zero attached hydrogens (tertiary/aromatic N) is 3. The average Bonchev–Trinajstić information content (AvgIpc) is 3.80. The van der Waals surface area contributed by atoms with Gasteiger partial charge in [0.1, 0.15) is 0 Å². The molecule has 3 heteroatoms. The van der Waals surface area contributed by atoms with E-state index in [1.54, 1.807) is 0 Å². The highest BCUT2D eigenvalue weighted by atomic mass is 15.2. The molecule has 1 heterocycles. The Morgan fingerprint density at radius 1 is 0.359 bits per heavy atom. The van der Waals surface area contributed by atoms with Crippen LogP contribution in [0.15, 0.2) is 237 Å². The first-order valence-electron chi connectivity index (χ1n) is 22.2. The number of para-hydroxylation sites is 4. The molecular weight excluding hydrogens is 775 g/mol. The Hall–Kier alpha value is -8.14. The van der Waals surface area contributed by atoms with Crippen molar-refractivity contribution < 1.29 is 0 Å². The molecule has 0 amide bonds. The molecule has 0 bridgehead atoms. The summed E-state index contributed by atoms with van der Waals surface area (Å²) >= 11 is 0. The molecule has 11 aromatic rings. The number of aromatic nitrogens is 1. The van der Waals surface area contributed by atoms with Gasteiger partial charge in [-0.3, -0.25) is 0 Å². The van der Waals surface area contributed by atoms with Crippen molar-refractivity contribution in [2.24, 2.45) is 0 Å². The fourth-order valence-electron chi connectivity index (χ4n) is 10.3. The monoisotopic (exact) mass is 819 g/mol. The molecule has 1 aliphatic carbocycles. The zero-order chi connectivity index (χ0) is 42.8. The normalized spacial score (nSPS) is 12.7. The lowest BCUT2D eigenvalue weighted by atomic mass is 9.82. The van der Waals surface area contributed by atoms with Crippen molar-refractivity contribution in [1.82, 2.24) is 4.57 Å². The Balaban J connectivity index is 1.18. The molecule has 10 aromatic carbocycles. The van der Waals surface area contributed by atoms with E-state index in [1.807, 2.05) is 0 Å². The number of rotatable bonds is 8. The average molecular weight is 820 g/mol. The lowest BCUT2D eigenvalue weighted by molar-refractivity contribution is 0.660. The van der Waals surface area contributed by atoms with Gasteiger partial charge in [-0.15, -0.1) is 0 Å². The minimum Gasteiger partial charge on any atom is -0.310 e. The Morgan fingerprint density at radius 2 is 0.922 bits per heavy atom. The molecule has 0 radical (unpaired) electrons. The molecule has 0 aliphatic heterocycles. The molecule has 1 aromatic heterocycles. The fraction of sp³-hybridized carbons (Fsp3) is 0.0492. The molecule has 1 aliphatic rings. The highest BCUT2D eigenvalue weighted by Crippen LogP contribution is 2.52. The second-order valence-corrected chi connectivity index (χ2v) is 17.4. The van der Waals surface area contributed by atoms with Crippen LogP contribution in [0.4, 0.5) is 34.1 Å². The van der Waals surface area contributed by atoms with Crippen molar-refractivity contribution in [3.63, 3.8) is 0 Å². The van der Waals surface area contributed by atoms with E-state index in [1.165, 1.54) is 54.9 Å². The first-order valence-corrected chi connectivity index (χ1v) is 22.2. The van der Waals surface area contributed by atoms with E-state index in [4.69, 9.17) is 0 Å². The third-order valence-corrected chi connectivity index (χ3v) is 13.3. The first kappa shape index (κ1) is 37.6. The number of benzene rings is 10. The maximum atomic E-state index is 2.47. The van der Waals surface area contributed by atoms with Gasteiger partial charge in [0.2, 0.25) is 0 Å². The highest BCUT2D eigenvalue weighted by molar-refractivity contribution is 6.18. The van der Waals surface area contributed by atoms with Crippen molar-refractivity contribution in [1.29, 1.82) is 0 Å². The van der Waals surface area contributed by atoms with Gasteiger partial charge in [-0.05, 0) is 129 Å². The Labute approximate surface area is 374 Å². The van der Waals surface area contributed by atoms with Gasteiger partial charge >= 0.3 is 0 Å². The van der Waals surface area contributed by atoms with Crippen LogP contribution < -0.4 is 9.80 Å². The summed E-state index contributed by atoms with van der Waals surface area (Å²) in [7, 11) is 0. The third kappa shape index (κ3) is 6.12. The van der Waals surface area contributed by atoms with Gasteiger partial charge in [0.15, 0.2) is 0 Å². The topological polar surface area (TPSA) is 11.4 Å². The Bertz CT molecular complexity index is 3480. The lowest BCUT2D eigenvalue weighted by Gasteiger charge is -2.31. The van der Waals surface area contributed by atoms with Crippen molar-refractivity contribution in [3.05, 3.63) is 248 Å². The Morgan fingerprint density at radius 3 is 1.62 bits per heavy atom. The van der Waals surface area contributed by atoms with Gasteiger partial charge in [-0.25, -0.2) is 0 Å². The van der Waals surface area contributed by atoms with E-state index >= 15 is 0 Å². The number of hydrogen-bond acceptors (Lipinski definition) is 2. The van der Waals surface area contributed by atoms with Crippen LogP contribution in [0.5, 0.6) is 0 Å². The predicted octanol–water partition coefficient (Wildman–Crippen LogP) is 16.8. The summed E-state index contributed by atoms with van der Waals surface area (Å²) in [6, 6.07) is 86.5. The molecule has 0 saturated carbocycles. The summed E-state index contributed by atoms with van der Waals surface area (Å²) in [4.78, 5) is 4.88. The molecular formula is C61H45N3. The highest BCUT2D eigenvalue weighted by Gasteiger charge is 2.36. The summed E-state index contributed by atoms with van der Waals surface area (Å²) in [6.45, 7) is 4.72. The standard InChI is InChI=1S/C61H45N3/c1-61(2)55-30-18-17-29-52(55)53-36-34-50(39-56(53)61)62(46-21-7-3-8-22-46)51-40-58(63(47-23-9-4-10-24-47)48-25-11-5-12-26-48)60-54-35-33-45(44-32-31-42-19-15-16-20-43(42)37-44)38-57(54)64(59(60)41-51)49-27-13-6-14-28-49/h3-41H,1-2H3. The van der Waals surface area contributed by atoms with Crippen LogP contribution in [-0.2, 0) is 5.41 Å². The van der Waals surface area contributed by atoms with Crippen LogP contribution in [0, 0.1) is 0 Å². The SMILES string of the molecule is CC1(C)c2ccccc2-c2ccc(N(c3ccccc3)c3cc(N(c4ccccc4)c4ccccc4)c4c5ccc(-c6ccc7ccccc7c6)cc5n(-c5ccccc5)c4c3)cc21. The third-order valence-electron chi connectivity index (χ3n) is 13.3. The summed E-state index contributed by atoms with van der Waals surface area (Å²) in [5, 5.41) is 4.84. The molecule has 3 nitrogen and oxygen atoms in total. The van der Waals surface area contributed by atoms with E-state index in [9.17, 15) is 0 Å². The van der Waals surface area contributed by atoms with Crippen LogP contribution in [0.2, 0.25) is 0 Å². The van der Waals surface area contributed by atoms with Crippen LogP contribution in [-0.4, -0.2) is 4.57 Å². The maximum Gasteiger partial charge on any atom is 0.0583 e. The van der Waals surface area contributed by atoms with Gasteiger partial charge in [-0.2, -0.15) is 0 Å².